The molecule has 150 valence electrons. The molecule has 1 N–H and O–H groups in total. The minimum Gasteiger partial charge on any atom is -0.489 e. The first-order valence-electron chi connectivity index (χ1n) is 10.2. The molecule has 5 nitrogen and oxygen atoms in total. The third-order valence-corrected chi connectivity index (χ3v) is 5.07. The highest BCUT2D eigenvalue weighted by Crippen LogP contribution is 2.18. The monoisotopic (exact) mass is 381 g/mol. The van der Waals surface area contributed by atoms with E-state index in [0.717, 1.165) is 38.5 Å². The summed E-state index contributed by atoms with van der Waals surface area (Å²) >= 11 is 0. The average molecular weight is 382 g/mol. The molecule has 1 amide bonds. The fraction of sp³-hybridized carbons (Fsp3) is 0.435. The average Bonchev–Trinajstić information content (AvgIpc) is 2.74. The molecule has 2 aromatic carbocycles. The minimum absolute atomic E-state index is 0.0487. The molecule has 1 fully saturated rings. The van der Waals surface area contributed by atoms with Crippen LogP contribution in [0, 0.1) is 0 Å². The molecule has 2 aromatic rings. The van der Waals surface area contributed by atoms with Crippen molar-refractivity contribution in [3.05, 3.63) is 60.2 Å². The van der Waals surface area contributed by atoms with Crippen LogP contribution in [0.25, 0.3) is 0 Å². The quantitative estimate of drug-likeness (QED) is 0.762. The summed E-state index contributed by atoms with van der Waals surface area (Å²) in [7, 11) is 0. The number of piperazine rings is 1. The summed E-state index contributed by atoms with van der Waals surface area (Å²) in [6.45, 7) is 9.57. The van der Waals surface area contributed by atoms with Crippen LogP contribution < -0.4 is 15.0 Å². The molecule has 0 aromatic heterocycles. The van der Waals surface area contributed by atoms with Gasteiger partial charge < -0.3 is 15.0 Å². The molecule has 3 rings (SSSR count). The van der Waals surface area contributed by atoms with Crippen molar-refractivity contribution in [3.63, 3.8) is 0 Å². The molecule has 28 heavy (non-hydrogen) atoms. The van der Waals surface area contributed by atoms with Gasteiger partial charge in [0.05, 0.1) is 6.54 Å². The summed E-state index contributed by atoms with van der Waals surface area (Å²) in [5.41, 5.74) is 2.61. The third kappa shape index (κ3) is 5.99. The van der Waals surface area contributed by atoms with E-state index in [1.807, 2.05) is 26.0 Å². The highest BCUT2D eigenvalue weighted by molar-refractivity contribution is 5.75. The summed E-state index contributed by atoms with van der Waals surface area (Å²) in [5.74, 6) is 0.897. The maximum Gasteiger partial charge on any atom is 0.219 e. The molecule has 0 radical (unpaired) electrons. The van der Waals surface area contributed by atoms with E-state index in [-0.39, 0.29) is 12.0 Å². The van der Waals surface area contributed by atoms with E-state index in [4.69, 9.17) is 4.74 Å². The fourth-order valence-corrected chi connectivity index (χ4v) is 3.39. The van der Waals surface area contributed by atoms with Gasteiger partial charge in [0.15, 0.2) is 0 Å². The van der Waals surface area contributed by atoms with Crippen LogP contribution in [-0.2, 0) is 11.3 Å². The Kier molecular flexibility index (Phi) is 7.31. The molecule has 1 heterocycles. The highest BCUT2D eigenvalue weighted by atomic mass is 16.5. The van der Waals surface area contributed by atoms with Gasteiger partial charge in [-0.15, -0.1) is 0 Å². The Hall–Kier alpha value is -2.53. The van der Waals surface area contributed by atoms with E-state index < -0.39 is 0 Å². The third-order valence-electron chi connectivity index (χ3n) is 5.07. The molecule has 5 heteroatoms. The number of ether oxygens (including phenoxy) is 1. The molecule has 0 unspecified atom stereocenters. The highest BCUT2D eigenvalue weighted by Gasteiger charge is 2.17. The molecule has 0 spiro atoms. The Balaban J connectivity index is 1.43. The number of anilines is 1. The van der Waals surface area contributed by atoms with E-state index in [1.165, 1.54) is 11.3 Å². The second-order valence-electron chi connectivity index (χ2n) is 7.33. The van der Waals surface area contributed by atoms with Gasteiger partial charge in [-0.2, -0.15) is 0 Å². The van der Waals surface area contributed by atoms with Gasteiger partial charge in [0, 0.05) is 44.8 Å². The van der Waals surface area contributed by atoms with E-state index in [0.29, 0.717) is 13.0 Å². The molecule has 1 aliphatic rings. The predicted molar refractivity (Wildman–Crippen MR) is 114 cm³/mol. The van der Waals surface area contributed by atoms with Crippen LogP contribution in [0.2, 0.25) is 0 Å². The number of carbonyl (C=O) groups excluding carboxylic acids is 1. The number of hydrogen-bond acceptors (Lipinski definition) is 4. The van der Waals surface area contributed by atoms with Gasteiger partial charge in [-0.25, -0.2) is 0 Å². The lowest BCUT2D eigenvalue weighted by atomic mass is 10.2. The van der Waals surface area contributed by atoms with E-state index >= 15 is 0 Å². The zero-order chi connectivity index (χ0) is 19.8. The van der Waals surface area contributed by atoms with Crippen LogP contribution in [0.4, 0.5) is 5.69 Å². The van der Waals surface area contributed by atoms with E-state index in [9.17, 15) is 4.79 Å². The van der Waals surface area contributed by atoms with Crippen LogP contribution in [0.15, 0.2) is 54.6 Å². The maximum atomic E-state index is 11.3. The zero-order valence-electron chi connectivity index (χ0n) is 16.9. The van der Waals surface area contributed by atoms with Crippen molar-refractivity contribution in [3.8, 4) is 5.75 Å². The smallest absolute Gasteiger partial charge is 0.219 e. The number of nitrogens with zero attached hydrogens (tertiary/aromatic N) is 2. The lowest BCUT2D eigenvalue weighted by molar-refractivity contribution is -0.121. The molecule has 1 saturated heterocycles. The first-order valence-corrected chi connectivity index (χ1v) is 10.2. The van der Waals surface area contributed by atoms with Crippen molar-refractivity contribution in [1.82, 2.24) is 10.2 Å². The molecule has 1 atom stereocenters. The lowest BCUT2D eigenvalue weighted by Crippen LogP contribution is -2.45. The Morgan fingerprint density at radius 2 is 1.71 bits per heavy atom. The maximum absolute atomic E-state index is 11.3. The topological polar surface area (TPSA) is 44.8 Å². The van der Waals surface area contributed by atoms with E-state index in [2.05, 4.69) is 57.6 Å². The van der Waals surface area contributed by atoms with Crippen LogP contribution in [0.1, 0.15) is 25.8 Å². The summed E-state index contributed by atoms with van der Waals surface area (Å²) in [6, 6.07) is 18.9. The number of carbonyl (C=O) groups is 1. The van der Waals surface area contributed by atoms with Crippen molar-refractivity contribution in [2.45, 2.75) is 32.9 Å². The van der Waals surface area contributed by atoms with Crippen molar-refractivity contribution in [2.24, 2.45) is 0 Å². The Morgan fingerprint density at radius 1 is 1.04 bits per heavy atom. The van der Waals surface area contributed by atoms with Crippen LogP contribution >= 0.6 is 0 Å². The standard InChI is InChI=1S/C23H31N3O2/c1-3-23(27)24-17-19(2)28-22-11-9-20(10-12-22)18-25-13-15-26(16-14-25)21-7-5-4-6-8-21/h4-12,19H,3,13-18H2,1-2H3,(H,24,27)/t19-/m0/s1. The van der Waals surface area contributed by atoms with Crippen LogP contribution in [0.5, 0.6) is 5.75 Å². The second-order valence-corrected chi connectivity index (χ2v) is 7.33. The first kappa shape index (κ1) is 20.2. The molecular weight excluding hydrogens is 350 g/mol. The van der Waals surface area contributed by atoms with Crippen molar-refractivity contribution < 1.29 is 9.53 Å². The summed E-state index contributed by atoms with van der Waals surface area (Å²) in [4.78, 5) is 16.3. The normalized spacial score (nSPS) is 15.9. The van der Waals surface area contributed by atoms with Gasteiger partial charge in [-0.3, -0.25) is 9.69 Å². The molecule has 0 saturated carbocycles. The number of hydrogen-bond donors (Lipinski definition) is 1. The summed E-state index contributed by atoms with van der Waals surface area (Å²) < 4.78 is 5.88. The fourth-order valence-electron chi connectivity index (χ4n) is 3.39. The predicted octanol–water partition coefficient (Wildman–Crippen LogP) is 3.30. The molecule has 0 aliphatic carbocycles. The van der Waals surface area contributed by atoms with Gasteiger partial charge in [0.25, 0.3) is 0 Å². The Morgan fingerprint density at radius 3 is 2.36 bits per heavy atom. The van der Waals surface area contributed by atoms with Gasteiger partial charge in [0.1, 0.15) is 11.9 Å². The second kappa shape index (κ2) is 10.1. The zero-order valence-corrected chi connectivity index (χ0v) is 16.9. The van der Waals surface area contributed by atoms with Crippen molar-refractivity contribution >= 4 is 11.6 Å². The lowest BCUT2D eigenvalue weighted by Gasteiger charge is -2.36. The summed E-state index contributed by atoms with van der Waals surface area (Å²) in [6.07, 6.45) is 0.452. The first-order chi connectivity index (χ1) is 13.6. The summed E-state index contributed by atoms with van der Waals surface area (Å²) in [5, 5.41) is 2.86. The van der Waals surface area contributed by atoms with Gasteiger partial charge >= 0.3 is 0 Å². The van der Waals surface area contributed by atoms with Gasteiger partial charge in [-0.05, 0) is 36.8 Å². The number of para-hydroxylation sites is 1. The number of benzene rings is 2. The van der Waals surface area contributed by atoms with E-state index in [1.54, 1.807) is 0 Å². The van der Waals surface area contributed by atoms with Crippen molar-refractivity contribution in [1.29, 1.82) is 0 Å². The van der Waals surface area contributed by atoms with Gasteiger partial charge in [-0.1, -0.05) is 37.3 Å². The van der Waals surface area contributed by atoms with Crippen LogP contribution in [-0.4, -0.2) is 49.6 Å². The van der Waals surface area contributed by atoms with Gasteiger partial charge in [0.2, 0.25) is 5.91 Å². The number of rotatable bonds is 8. The SMILES string of the molecule is CCC(=O)NC[C@H](C)Oc1ccc(CN2CCN(c3ccccc3)CC2)cc1. The molecular formula is C23H31N3O2. The largest absolute Gasteiger partial charge is 0.489 e. The number of amides is 1. The molecule has 0 bridgehead atoms. The Labute approximate surface area is 168 Å². The van der Waals surface area contributed by atoms with Crippen LogP contribution in [0.3, 0.4) is 0 Å². The van der Waals surface area contributed by atoms with Crippen molar-refractivity contribution in [2.75, 3.05) is 37.6 Å². The minimum atomic E-state index is -0.0487. The number of nitrogens with one attached hydrogen (secondary N) is 1. The Bertz CT molecular complexity index is 725. The molecule has 1 aliphatic heterocycles.